The first-order valence-electron chi connectivity index (χ1n) is 6.05. The third-order valence-electron chi connectivity index (χ3n) is 2.85. The van der Waals surface area contributed by atoms with Gasteiger partial charge in [-0.05, 0) is 25.1 Å². The van der Waals surface area contributed by atoms with E-state index in [1.54, 1.807) is 6.92 Å². The maximum atomic E-state index is 13.9. The van der Waals surface area contributed by atoms with Crippen LogP contribution in [0, 0.1) is 24.4 Å². The molecule has 0 amide bonds. The van der Waals surface area contributed by atoms with Gasteiger partial charge in [-0.25, -0.2) is 13.6 Å². The van der Waals surface area contributed by atoms with Gasteiger partial charge in [-0.3, -0.25) is 0 Å². The SMILES string of the molecule is Cc1ccc(S(=O)(=O)Oc2c(F)c(F)cc(C(=O)O)c2F)cc1. The van der Waals surface area contributed by atoms with E-state index in [0.29, 0.717) is 0 Å². The summed E-state index contributed by atoms with van der Waals surface area (Å²) in [5.41, 5.74) is -0.529. The number of benzene rings is 2. The highest BCUT2D eigenvalue weighted by atomic mass is 32.2. The molecule has 0 bridgehead atoms. The molecule has 0 spiro atoms. The van der Waals surface area contributed by atoms with Gasteiger partial charge in [0.05, 0.1) is 0 Å². The molecule has 2 aromatic carbocycles. The Labute approximate surface area is 129 Å². The van der Waals surface area contributed by atoms with E-state index in [-0.39, 0.29) is 6.07 Å². The van der Waals surface area contributed by atoms with E-state index in [1.165, 1.54) is 12.1 Å². The van der Waals surface area contributed by atoms with Crippen LogP contribution in [0.15, 0.2) is 35.2 Å². The fourth-order valence-electron chi connectivity index (χ4n) is 1.67. The summed E-state index contributed by atoms with van der Waals surface area (Å²) >= 11 is 0. The summed E-state index contributed by atoms with van der Waals surface area (Å²) in [4.78, 5) is 10.3. The second-order valence-corrected chi connectivity index (χ2v) is 6.07. The largest absolute Gasteiger partial charge is 0.478 e. The highest BCUT2D eigenvalue weighted by molar-refractivity contribution is 7.87. The van der Waals surface area contributed by atoms with Crippen LogP contribution in [0.3, 0.4) is 0 Å². The first-order valence-corrected chi connectivity index (χ1v) is 7.46. The van der Waals surface area contributed by atoms with Crippen molar-refractivity contribution in [3.05, 3.63) is 58.9 Å². The van der Waals surface area contributed by atoms with Gasteiger partial charge in [0.15, 0.2) is 11.6 Å². The fourth-order valence-corrected chi connectivity index (χ4v) is 2.60. The highest BCUT2D eigenvalue weighted by Crippen LogP contribution is 2.30. The molecular weight excluding hydrogens is 337 g/mol. The molecule has 0 saturated carbocycles. The van der Waals surface area contributed by atoms with Crippen LogP contribution in [0.2, 0.25) is 0 Å². The highest BCUT2D eigenvalue weighted by Gasteiger charge is 2.28. The Balaban J connectivity index is 2.55. The number of rotatable bonds is 4. The van der Waals surface area contributed by atoms with Crippen molar-refractivity contribution in [2.24, 2.45) is 0 Å². The molecule has 0 fully saturated rings. The standard InChI is InChI=1S/C14H9F3O5S/c1-7-2-4-8(5-3-7)23(20,21)22-13-11(16)9(14(18)19)6-10(15)12(13)17/h2-6H,1H3,(H,18,19). The first-order chi connectivity index (χ1) is 10.6. The minimum atomic E-state index is -4.67. The predicted octanol–water partition coefficient (Wildman–Crippen LogP) is 2.88. The maximum absolute atomic E-state index is 13.9. The summed E-state index contributed by atoms with van der Waals surface area (Å²) in [6.45, 7) is 1.68. The molecule has 2 aromatic rings. The van der Waals surface area contributed by atoms with Crippen LogP contribution >= 0.6 is 0 Å². The van der Waals surface area contributed by atoms with Crippen LogP contribution in [0.1, 0.15) is 15.9 Å². The Kier molecular flexibility index (Phi) is 4.33. The van der Waals surface area contributed by atoms with Gasteiger partial charge in [-0.1, -0.05) is 17.7 Å². The second kappa shape index (κ2) is 5.92. The van der Waals surface area contributed by atoms with Crippen LogP contribution in [0.5, 0.6) is 5.75 Å². The van der Waals surface area contributed by atoms with Crippen molar-refractivity contribution in [2.45, 2.75) is 11.8 Å². The van der Waals surface area contributed by atoms with Crippen LogP contribution in [-0.4, -0.2) is 19.5 Å². The number of halogens is 3. The normalized spacial score (nSPS) is 11.3. The molecule has 0 aromatic heterocycles. The molecule has 5 nitrogen and oxygen atoms in total. The van der Waals surface area contributed by atoms with E-state index in [0.717, 1.165) is 17.7 Å². The third kappa shape index (κ3) is 3.29. The smallest absolute Gasteiger partial charge is 0.339 e. The Hall–Kier alpha value is -2.55. The monoisotopic (exact) mass is 346 g/mol. The van der Waals surface area contributed by atoms with E-state index in [9.17, 15) is 26.4 Å². The van der Waals surface area contributed by atoms with Crippen LogP contribution in [-0.2, 0) is 10.1 Å². The van der Waals surface area contributed by atoms with Gasteiger partial charge in [0.2, 0.25) is 11.6 Å². The van der Waals surface area contributed by atoms with Crippen molar-refractivity contribution in [1.82, 2.24) is 0 Å². The molecule has 0 radical (unpaired) electrons. The van der Waals surface area contributed by atoms with E-state index in [4.69, 9.17) is 5.11 Å². The van der Waals surface area contributed by atoms with Crippen LogP contribution in [0.4, 0.5) is 13.2 Å². The van der Waals surface area contributed by atoms with E-state index in [1.807, 2.05) is 0 Å². The van der Waals surface area contributed by atoms with Gasteiger partial charge in [-0.15, -0.1) is 0 Å². The number of carboxylic acids is 1. The summed E-state index contributed by atoms with van der Waals surface area (Å²) < 4.78 is 69.1. The summed E-state index contributed by atoms with van der Waals surface area (Å²) in [5, 5.41) is 8.72. The van der Waals surface area contributed by atoms with Crippen molar-refractivity contribution >= 4 is 16.1 Å². The molecule has 0 aliphatic heterocycles. The lowest BCUT2D eigenvalue weighted by molar-refractivity contribution is 0.0690. The third-order valence-corrected chi connectivity index (χ3v) is 4.08. The fraction of sp³-hybridized carbons (Fsp3) is 0.0714. The Morgan fingerprint density at radius 3 is 2.17 bits per heavy atom. The number of aromatic carboxylic acids is 1. The zero-order valence-electron chi connectivity index (χ0n) is 11.5. The van der Waals surface area contributed by atoms with Gasteiger partial charge >= 0.3 is 16.1 Å². The topological polar surface area (TPSA) is 80.7 Å². The number of carboxylic acid groups (broad SMARTS) is 1. The molecule has 2 rings (SSSR count). The zero-order chi connectivity index (χ0) is 17.4. The summed E-state index contributed by atoms with van der Waals surface area (Å²) in [5.74, 6) is -9.06. The quantitative estimate of drug-likeness (QED) is 0.680. The molecular formula is C14H9F3O5S. The van der Waals surface area contributed by atoms with Crippen LogP contribution in [0.25, 0.3) is 0 Å². The molecule has 1 N–H and O–H groups in total. The van der Waals surface area contributed by atoms with Gasteiger partial charge in [0.25, 0.3) is 0 Å². The average molecular weight is 346 g/mol. The second-order valence-electron chi connectivity index (χ2n) is 4.52. The number of aryl methyl sites for hydroxylation is 1. The first kappa shape index (κ1) is 16.8. The molecule has 9 heteroatoms. The van der Waals surface area contributed by atoms with Gasteiger partial charge in [0.1, 0.15) is 10.5 Å². The minimum absolute atomic E-state index is 0.0956. The van der Waals surface area contributed by atoms with E-state index < -0.39 is 49.7 Å². The van der Waals surface area contributed by atoms with Crippen molar-refractivity contribution < 1.29 is 35.7 Å². The minimum Gasteiger partial charge on any atom is -0.478 e. The molecule has 0 aliphatic carbocycles. The lowest BCUT2D eigenvalue weighted by Crippen LogP contribution is -2.14. The predicted molar refractivity (Wildman–Crippen MR) is 72.3 cm³/mol. The molecule has 23 heavy (non-hydrogen) atoms. The van der Waals surface area contributed by atoms with Gasteiger partial charge in [0, 0.05) is 0 Å². The van der Waals surface area contributed by atoms with Crippen molar-refractivity contribution in [2.75, 3.05) is 0 Å². The molecule has 0 heterocycles. The summed E-state index contributed by atoms with van der Waals surface area (Å²) in [6.07, 6.45) is 0. The Morgan fingerprint density at radius 2 is 1.65 bits per heavy atom. The lowest BCUT2D eigenvalue weighted by atomic mass is 10.2. The van der Waals surface area contributed by atoms with Crippen molar-refractivity contribution in [1.29, 1.82) is 0 Å². The molecule has 0 saturated heterocycles. The Bertz CT molecular complexity index is 876. The number of hydrogen-bond donors (Lipinski definition) is 1. The maximum Gasteiger partial charge on any atom is 0.339 e. The molecule has 0 unspecified atom stereocenters. The zero-order valence-corrected chi connectivity index (χ0v) is 12.3. The molecule has 122 valence electrons. The summed E-state index contributed by atoms with van der Waals surface area (Å²) in [6, 6.07) is 5.17. The number of carbonyl (C=O) groups is 1. The lowest BCUT2D eigenvalue weighted by Gasteiger charge is -2.11. The van der Waals surface area contributed by atoms with Gasteiger partial charge < -0.3 is 9.29 Å². The molecule has 0 atom stereocenters. The average Bonchev–Trinajstić information content (AvgIpc) is 2.47. The van der Waals surface area contributed by atoms with Crippen molar-refractivity contribution in [3.8, 4) is 5.75 Å². The molecule has 0 aliphatic rings. The van der Waals surface area contributed by atoms with E-state index in [2.05, 4.69) is 4.18 Å². The van der Waals surface area contributed by atoms with E-state index >= 15 is 0 Å². The van der Waals surface area contributed by atoms with Crippen LogP contribution < -0.4 is 4.18 Å². The summed E-state index contributed by atoms with van der Waals surface area (Å²) in [7, 11) is -4.67. The van der Waals surface area contributed by atoms with Crippen molar-refractivity contribution in [3.63, 3.8) is 0 Å². The number of hydrogen-bond acceptors (Lipinski definition) is 4. The van der Waals surface area contributed by atoms with Gasteiger partial charge in [-0.2, -0.15) is 12.8 Å². The Morgan fingerprint density at radius 1 is 1.09 bits per heavy atom.